The van der Waals surface area contributed by atoms with E-state index in [1.165, 1.54) is 0 Å². The Morgan fingerprint density at radius 1 is 0.846 bits per heavy atom. The van der Waals surface area contributed by atoms with Crippen LogP contribution in [0.5, 0.6) is 0 Å². The number of ketones is 1. The van der Waals surface area contributed by atoms with Crippen LogP contribution in [0, 0.1) is 0 Å². The molecular weight excluding hydrogens is 334 g/mol. The summed E-state index contributed by atoms with van der Waals surface area (Å²) in [6.07, 6.45) is -0.510. The lowest BCUT2D eigenvalue weighted by Gasteiger charge is -2.15. The third-order valence-electron chi connectivity index (χ3n) is 3.64. The molecule has 2 aromatic carbocycles. The summed E-state index contributed by atoms with van der Waals surface area (Å²) in [5.41, 5.74) is 1.60. The topological polar surface area (TPSA) is 81.7 Å². The van der Waals surface area contributed by atoms with Crippen LogP contribution in [0.1, 0.15) is 24.5 Å². The number of ether oxygens (including phenoxy) is 2. The molecular formula is C20H21NO5. The molecule has 0 saturated carbocycles. The van der Waals surface area contributed by atoms with E-state index in [2.05, 4.69) is 5.32 Å². The second-order valence-electron chi connectivity index (χ2n) is 5.59. The summed E-state index contributed by atoms with van der Waals surface area (Å²) >= 11 is 0. The van der Waals surface area contributed by atoms with E-state index >= 15 is 0 Å². The number of rotatable bonds is 8. The van der Waals surface area contributed by atoms with Gasteiger partial charge in [-0.25, -0.2) is 9.59 Å². The Kier molecular flexibility index (Phi) is 7.36. The van der Waals surface area contributed by atoms with E-state index < -0.39 is 23.9 Å². The number of hydrogen-bond acceptors (Lipinski definition) is 5. The summed E-state index contributed by atoms with van der Waals surface area (Å²) in [5.74, 6) is -1.79. The van der Waals surface area contributed by atoms with Crippen molar-refractivity contribution in [2.45, 2.75) is 32.6 Å². The number of Topliss-reactive ketones (excluding diaryl/α,β-unsaturated/α-hetero) is 1. The number of hydrogen-bond donors (Lipinski definition) is 1. The summed E-state index contributed by atoms with van der Waals surface area (Å²) < 4.78 is 10.1. The highest BCUT2D eigenvalue weighted by atomic mass is 16.6. The van der Waals surface area contributed by atoms with Gasteiger partial charge in [-0.1, -0.05) is 67.6 Å². The first-order valence-corrected chi connectivity index (χ1v) is 8.32. The number of benzene rings is 2. The van der Waals surface area contributed by atoms with Gasteiger partial charge < -0.3 is 14.8 Å². The molecule has 6 nitrogen and oxygen atoms in total. The minimum Gasteiger partial charge on any atom is -0.455 e. The highest BCUT2D eigenvalue weighted by Crippen LogP contribution is 2.04. The van der Waals surface area contributed by atoms with Crippen molar-refractivity contribution < 1.29 is 23.9 Å². The molecule has 0 aliphatic rings. The fraction of sp³-hybridized carbons (Fsp3) is 0.250. The van der Waals surface area contributed by atoms with E-state index in [4.69, 9.17) is 9.47 Å². The lowest BCUT2D eigenvalue weighted by Crippen LogP contribution is -2.44. The third-order valence-corrected chi connectivity index (χ3v) is 3.64. The van der Waals surface area contributed by atoms with Crippen molar-refractivity contribution >= 4 is 17.8 Å². The molecule has 1 N–H and O–H groups in total. The minimum atomic E-state index is -0.985. The van der Waals surface area contributed by atoms with Crippen molar-refractivity contribution in [2.24, 2.45) is 0 Å². The zero-order valence-corrected chi connectivity index (χ0v) is 14.5. The van der Waals surface area contributed by atoms with E-state index in [1.807, 2.05) is 48.5 Å². The fourth-order valence-electron chi connectivity index (χ4n) is 2.20. The van der Waals surface area contributed by atoms with Gasteiger partial charge in [0.25, 0.3) is 5.78 Å². The average Bonchev–Trinajstić information content (AvgIpc) is 2.69. The van der Waals surface area contributed by atoms with E-state index in [0.717, 1.165) is 11.1 Å². The summed E-state index contributed by atoms with van der Waals surface area (Å²) in [7, 11) is 0. The molecule has 2 rings (SSSR count). The lowest BCUT2D eigenvalue weighted by molar-refractivity contribution is -0.155. The predicted octanol–water partition coefficient (Wildman–Crippen LogP) is 3.00. The lowest BCUT2D eigenvalue weighted by atomic mass is 10.1. The number of esters is 1. The van der Waals surface area contributed by atoms with Crippen LogP contribution in [0.15, 0.2) is 60.7 Å². The molecule has 0 aliphatic carbocycles. The molecule has 1 unspecified atom stereocenters. The maximum Gasteiger partial charge on any atom is 0.408 e. The van der Waals surface area contributed by atoms with Crippen LogP contribution in [-0.4, -0.2) is 23.9 Å². The largest absolute Gasteiger partial charge is 0.455 e. The van der Waals surface area contributed by atoms with Gasteiger partial charge in [-0.3, -0.25) is 4.79 Å². The van der Waals surface area contributed by atoms with Gasteiger partial charge in [0, 0.05) is 0 Å². The molecule has 136 valence electrons. The van der Waals surface area contributed by atoms with Gasteiger partial charge in [-0.05, 0) is 17.5 Å². The second-order valence-corrected chi connectivity index (χ2v) is 5.59. The van der Waals surface area contributed by atoms with Gasteiger partial charge in [-0.2, -0.15) is 0 Å². The Labute approximate surface area is 152 Å². The van der Waals surface area contributed by atoms with Crippen molar-refractivity contribution in [1.29, 1.82) is 0 Å². The summed E-state index contributed by atoms with van der Waals surface area (Å²) in [6, 6.07) is 17.2. The molecule has 0 radical (unpaired) electrons. The van der Waals surface area contributed by atoms with Crippen LogP contribution in [0.3, 0.4) is 0 Å². The number of nitrogens with one attached hydrogen (secondary N) is 1. The SMILES string of the molecule is CCC(NC(=O)OCc1ccccc1)C(=O)C(=O)OCc1ccccc1. The van der Waals surface area contributed by atoms with Gasteiger partial charge in [0.2, 0.25) is 0 Å². The van der Waals surface area contributed by atoms with E-state index in [-0.39, 0.29) is 19.6 Å². The molecule has 2 aromatic rings. The average molecular weight is 355 g/mol. The Hall–Kier alpha value is -3.15. The Balaban J connectivity index is 1.81. The molecule has 0 saturated heterocycles. The molecule has 26 heavy (non-hydrogen) atoms. The molecule has 0 bridgehead atoms. The van der Waals surface area contributed by atoms with Gasteiger partial charge in [0.1, 0.15) is 19.3 Å². The molecule has 0 spiro atoms. The van der Waals surface area contributed by atoms with E-state index in [0.29, 0.717) is 0 Å². The smallest absolute Gasteiger partial charge is 0.408 e. The van der Waals surface area contributed by atoms with Crippen LogP contribution in [0.25, 0.3) is 0 Å². The molecule has 1 amide bonds. The maximum absolute atomic E-state index is 12.2. The molecule has 0 aromatic heterocycles. The molecule has 0 aliphatic heterocycles. The molecule has 6 heteroatoms. The molecule has 0 heterocycles. The minimum absolute atomic E-state index is 0.000299. The predicted molar refractivity (Wildman–Crippen MR) is 95.1 cm³/mol. The van der Waals surface area contributed by atoms with Crippen LogP contribution in [0.2, 0.25) is 0 Å². The van der Waals surface area contributed by atoms with Crippen molar-refractivity contribution in [3.63, 3.8) is 0 Å². The highest BCUT2D eigenvalue weighted by Gasteiger charge is 2.27. The highest BCUT2D eigenvalue weighted by molar-refractivity contribution is 6.36. The van der Waals surface area contributed by atoms with E-state index in [1.54, 1.807) is 19.1 Å². The van der Waals surface area contributed by atoms with Crippen molar-refractivity contribution in [3.8, 4) is 0 Å². The normalized spacial score (nSPS) is 11.3. The fourth-order valence-corrected chi connectivity index (χ4v) is 2.20. The van der Waals surface area contributed by atoms with Gasteiger partial charge >= 0.3 is 12.1 Å². The Bertz CT molecular complexity index is 730. The van der Waals surface area contributed by atoms with Gasteiger partial charge in [0.15, 0.2) is 0 Å². The van der Waals surface area contributed by atoms with Crippen molar-refractivity contribution in [3.05, 3.63) is 71.8 Å². The maximum atomic E-state index is 12.2. The summed E-state index contributed by atoms with van der Waals surface area (Å²) in [5, 5.41) is 2.40. The van der Waals surface area contributed by atoms with Crippen LogP contribution in [0.4, 0.5) is 4.79 Å². The van der Waals surface area contributed by atoms with Crippen LogP contribution >= 0.6 is 0 Å². The third kappa shape index (κ3) is 6.05. The second kappa shape index (κ2) is 9.98. The van der Waals surface area contributed by atoms with Crippen molar-refractivity contribution in [2.75, 3.05) is 0 Å². The van der Waals surface area contributed by atoms with Crippen molar-refractivity contribution in [1.82, 2.24) is 5.32 Å². The first kappa shape index (κ1) is 19.2. The quantitative estimate of drug-likeness (QED) is 0.581. The summed E-state index contributed by atoms with van der Waals surface area (Å²) in [4.78, 5) is 35.9. The monoisotopic (exact) mass is 355 g/mol. The first-order chi connectivity index (χ1) is 12.6. The zero-order chi connectivity index (χ0) is 18.8. The van der Waals surface area contributed by atoms with Crippen LogP contribution in [-0.2, 0) is 32.3 Å². The van der Waals surface area contributed by atoms with E-state index in [9.17, 15) is 14.4 Å². The first-order valence-electron chi connectivity index (χ1n) is 8.32. The number of alkyl carbamates (subject to hydrolysis) is 1. The van der Waals surface area contributed by atoms with Crippen LogP contribution < -0.4 is 5.32 Å². The standard InChI is InChI=1S/C20H21NO5/c1-2-17(21-20(24)26-14-16-11-7-4-8-12-16)18(22)19(23)25-13-15-9-5-3-6-10-15/h3-12,17H,2,13-14H2,1H3,(H,21,24). The van der Waals surface area contributed by atoms with Gasteiger partial charge in [-0.15, -0.1) is 0 Å². The Morgan fingerprint density at radius 3 is 1.85 bits per heavy atom. The van der Waals surface area contributed by atoms with Gasteiger partial charge in [0.05, 0.1) is 0 Å². The number of amides is 1. The Morgan fingerprint density at radius 2 is 1.35 bits per heavy atom. The molecule has 1 atom stereocenters. The number of carbonyl (C=O) groups excluding carboxylic acids is 3. The number of carbonyl (C=O) groups is 3. The summed E-state index contributed by atoms with van der Waals surface area (Å²) in [6.45, 7) is 1.76. The zero-order valence-electron chi connectivity index (χ0n) is 14.5. The molecule has 0 fully saturated rings.